The maximum Gasteiger partial charge on any atom is 0.221 e. The van der Waals surface area contributed by atoms with E-state index in [0.717, 1.165) is 11.3 Å². The van der Waals surface area contributed by atoms with Crippen LogP contribution < -0.4 is 5.73 Å². The molecule has 0 saturated carbocycles. The van der Waals surface area contributed by atoms with Crippen LogP contribution in [-0.4, -0.2) is 9.97 Å². The van der Waals surface area contributed by atoms with Gasteiger partial charge in [0.1, 0.15) is 5.15 Å². The summed E-state index contributed by atoms with van der Waals surface area (Å²) in [6.07, 6.45) is 3.74. The molecular weight excluding hydrogens is 174 g/mol. The molecule has 0 fully saturated rings. The first-order valence-electron chi connectivity index (χ1n) is 3.57. The largest absolute Gasteiger partial charge is 0.368 e. The van der Waals surface area contributed by atoms with E-state index in [2.05, 4.69) is 9.97 Å². The van der Waals surface area contributed by atoms with Crippen molar-refractivity contribution in [1.82, 2.24) is 9.97 Å². The maximum absolute atomic E-state index is 5.83. The fourth-order valence-electron chi connectivity index (χ4n) is 0.923. The van der Waals surface area contributed by atoms with Crippen molar-refractivity contribution in [2.24, 2.45) is 0 Å². The lowest BCUT2D eigenvalue weighted by atomic mass is 10.2. The molecule has 0 aliphatic rings. The van der Waals surface area contributed by atoms with Crippen LogP contribution in [0.5, 0.6) is 0 Å². The van der Waals surface area contributed by atoms with Gasteiger partial charge in [-0.05, 0) is 13.8 Å². The van der Waals surface area contributed by atoms with Crippen LogP contribution in [0.15, 0.2) is 6.08 Å². The number of aromatic nitrogens is 2. The highest BCUT2D eigenvalue weighted by Gasteiger charge is 2.04. The first kappa shape index (κ1) is 9.00. The second-order valence-electron chi connectivity index (χ2n) is 2.37. The van der Waals surface area contributed by atoms with Gasteiger partial charge >= 0.3 is 0 Å². The fourth-order valence-corrected chi connectivity index (χ4v) is 1.21. The molecule has 0 aliphatic heterocycles. The summed E-state index contributed by atoms with van der Waals surface area (Å²) in [5.41, 5.74) is 7.02. The summed E-state index contributed by atoms with van der Waals surface area (Å²) in [5, 5.41) is 0.401. The van der Waals surface area contributed by atoms with Crippen molar-refractivity contribution in [2.45, 2.75) is 13.8 Å². The van der Waals surface area contributed by atoms with E-state index in [1.165, 1.54) is 0 Å². The summed E-state index contributed by atoms with van der Waals surface area (Å²) in [7, 11) is 0. The smallest absolute Gasteiger partial charge is 0.221 e. The highest BCUT2D eigenvalue weighted by atomic mass is 35.5. The lowest BCUT2D eigenvalue weighted by molar-refractivity contribution is 1.11. The molecule has 2 N–H and O–H groups in total. The first-order chi connectivity index (χ1) is 5.65. The number of hydrogen-bond acceptors (Lipinski definition) is 3. The summed E-state index contributed by atoms with van der Waals surface area (Å²) in [4.78, 5) is 7.82. The summed E-state index contributed by atoms with van der Waals surface area (Å²) in [6.45, 7) is 3.76. The number of halogens is 1. The van der Waals surface area contributed by atoms with Gasteiger partial charge in [-0.3, -0.25) is 0 Å². The van der Waals surface area contributed by atoms with Gasteiger partial charge in [0, 0.05) is 5.56 Å². The average Bonchev–Trinajstić information content (AvgIpc) is 1.96. The quantitative estimate of drug-likeness (QED) is 0.678. The lowest BCUT2D eigenvalue weighted by Gasteiger charge is -2.02. The minimum atomic E-state index is 0.214. The van der Waals surface area contributed by atoms with Crippen molar-refractivity contribution >= 4 is 23.6 Å². The first-order valence-corrected chi connectivity index (χ1v) is 3.95. The normalized spacial score (nSPS) is 10.9. The molecule has 0 bridgehead atoms. The zero-order chi connectivity index (χ0) is 9.14. The zero-order valence-electron chi connectivity index (χ0n) is 7.00. The highest BCUT2D eigenvalue weighted by molar-refractivity contribution is 6.31. The molecule has 0 saturated heterocycles. The van der Waals surface area contributed by atoms with Crippen molar-refractivity contribution in [3.63, 3.8) is 0 Å². The molecule has 0 unspecified atom stereocenters. The predicted octanol–water partition coefficient (Wildman–Crippen LogP) is 2.05. The van der Waals surface area contributed by atoms with Gasteiger partial charge in [-0.1, -0.05) is 23.8 Å². The van der Waals surface area contributed by atoms with Gasteiger partial charge in [-0.2, -0.15) is 0 Å². The van der Waals surface area contributed by atoms with Crippen molar-refractivity contribution in [3.8, 4) is 0 Å². The van der Waals surface area contributed by atoms with E-state index < -0.39 is 0 Å². The van der Waals surface area contributed by atoms with Gasteiger partial charge < -0.3 is 5.73 Å². The van der Waals surface area contributed by atoms with Gasteiger partial charge in [0.15, 0.2) is 0 Å². The van der Waals surface area contributed by atoms with Gasteiger partial charge in [0.25, 0.3) is 0 Å². The third-order valence-corrected chi connectivity index (χ3v) is 1.73. The predicted molar refractivity (Wildman–Crippen MR) is 50.9 cm³/mol. The van der Waals surface area contributed by atoms with Crippen LogP contribution in [0, 0.1) is 6.92 Å². The molecule has 3 nitrogen and oxygen atoms in total. The lowest BCUT2D eigenvalue weighted by Crippen LogP contribution is -1.99. The van der Waals surface area contributed by atoms with E-state index in [1.807, 2.05) is 26.0 Å². The van der Waals surface area contributed by atoms with E-state index in [-0.39, 0.29) is 5.95 Å². The molecule has 1 heterocycles. The standard InChI is InChI=1S/C8H10ClN3/c1-3-4-6-5(2)11-8(10)12-7(6)9/h3-4H,1-2H3,(H2,10,11,12). The number of nitrogens with two attached hydrogens (primary N) is 1. The Hall–Kier alpha value is -1.09. The van der Waals surface area contributed by atoms with Crippen molar-refractivity contribution in [1.29, 1.82) is 0 Å². The van der Waals surface area contributed by atoms with Gasteiger partial charge in [0.05, 0.1) is 5.69 Å². The number of allylic oxidation sites excluding steroid dienone is 1. The maximum atomic E-state index is 5.83. The van der Waals surface area contributed by atoms with E-state index in [1.54, 1.807) is 0 Å². The molecule has 0 spiro atoms. The van der Waals surface area contributed by atoms with E-state index in [4.69, 9.17) is 17.3 Å². The molecule has 1 aromatic heterocycles. The molecule has 64 valence electrons. The zero-order valence-corrected chi connectivity index (χ0v) is 7.76. The Balaban J connectivity index is 3.28. The molecule has 0 aliphatic carbocycles. The topological polar surface area (TPSA) is 51.8 Å². The van der Waals surface area contributed by atoms with Crippen LogP contribution in [-0.2, 0) is 0 Å². The van der Waals surface area contributed by atoms with Gasteiger partial charge in [-0.15, -0.1) is 0 Å². The van der Waals surface area contributed by atoms with Crippen LogP contribution in [0.1, 0.15) is 18.2 Å². The molecule has 1 aromatic rings. The number of nitrogens with zero attached hydrogens (tertiary/aromatic N) is 2. The number of hydrogen-bond donors (Lipinski definition) is 1. The molecule has 0 aromatic carbocycles. The third-order valence-electron chi connectivity index (χ3n) is 1.44. The Morgan fingerprint density at radius 3 is 2.58 bits per heavy atom. The monoisotopic (exact) mass is 183 g/mol. The Kier molecular flexibility index (Phi) is 2.65. The summed E-state index contributed by atoms with van der Waals surface area (Å²) < 4.78 is 0. The second-order valence-corrected chi connectivity index (χ2v) is 2.73. The van der Waals surface area contributed by atoms with Crippen LogP contribution in [0.25, 0.3) is 6.08 Å². The number of anilines is 1. The summed E-state index contributed by atoms with van der Waals surface area (Å²) in [6, 6.07) is 0. The molecule has 1 rings (SSSR count). The second kappa shape index (κ2) is 3.54. The Morgan fingerprint density at radius 2 is 2.08 bits per heavy atom. The van der Waals surface area contributed by atoms with E-state index >= 15 is 0 Å². The molecule has 0 radical (unpaired) electrons. The molecule has 0 atom stereocenters. The molecule has 4 heteroatoms. The molecule has 12 heavy (non-hydrogen) atoms. The minimum Gasteiger partial charge on any atom is -0.368 e. The van der Waals surface area contributed by atoms with Gasteiger partial charge in [0.2, 0.25) is 5.95 Å². The van der Waals surface area contributed by atoms with E-state index in [0.29, 0.717) is 5.15 Å². The van der Waals surface area contributed by atoms with Crippen molar-refractivity contribution < 1.29 is 0 Å². The third kappa shape index (κ3) is 1.74. The van der Waals surface area contributed by atoms with Crippen LogP contribution in [0.3, 0.4) is 0 Å². The van der Waals surface area contributed by atoms with Crippen LogP contribution in [0.2, 0.25) is 5.15 Å². The average molecular weight is 184 g/mol. The Labute approximate surface area is 76.3 Å². The fraction of sp³-hybridized carbons (Fsp3) is 0.250. The van der Waals surface area contributed by atoms with Crippen molar-refractivity contribution in [2.75, 3.05) is 5.73 Å². The summed E-state index contributed by atoms with van der Waals surface area (Å²) >= 11 is 5.83. The minimum absolute atomic E-state index is 0.214. The van der Waals surface area contributed by atoms with Crippen LogP contribution >= 0.6 is 11.6 Å². The SMILES string of the molecule is CC=Cc1c(C)nc(N)nc1Cl. The molecular formula is C8H10ClN3. The summed E-state index contributed by atoms with van der Waals surface area (Å²) in [5.74, 6) is 0.214. The van der Waals surface area contributed by atoms with Crippen molar-refractivity contribution in [3.05, 3.63) is 22.5 Å². The van der Waals surface area contributed by atoms with E-state index in [9.17, 15) is 0 Å². The van der Waals surface area contributed by atoms with Gasteiger partial charge in [-0.25, -0.2) is 9.97 Å². The Bertz CT molecular complexity index is 297. The van der Waals surface area contributed by atoms with Crippen LogP contribution in [0.4, 0.5) is 5.95 Å². The molecule has 0 amide bonds. The highest BCUT2D eigenvalue weighted by Crippen LogP contribution is 2.18. The number of aryl methyl sites for hydroxylation is 1. The number of nitrogen functional groups attached to an aromatic ring is 1. The Morgan fingerprint density at radius 1 is 1.42 bits per heavy atom. The number of rotatable bonds is 1.